The van der Waals surface area contributed by atoms with E-state index in [9.17, 15) is 9.59 Å². The average molecular weight is 631 g/mol. The molecule has 262 valence electrons. The molecule has 1 rings (SSSR count). The number of rotatable bonds is 32. The first-order chi connectivity index (χ1) is 22.1. The Balaban J connectivity index is 1.95. The van der Waals surface area contributed by atoms with Crippen LogP contribution in [0.3, 0.4) is 0 Å². The van der Waals surface area contributed by atoms with Gasteiger partial charge in [0.2, 0.25) is 0 Å². The summed E-state index contributed by atoms with van der Waals surface area (Å²) in [5.74, 6) is -0.00832. The van der Waals surface area contributed by atoms with Gasteiger partial charge in [-0.3, -0.25) is 9.59 Å². The smallest absolute Gasteiger partial charge is 0.306 e. The maximum absolute atomic E-state index is 12.4. The van der Waals surface area contributed by atoms with E-state index in [0.717, 1.165) is 32.1 Å². The highest BCUT2D eigenvalue weighted by Crippen LogP contribution is 2.34. The summed E-state index contributed by atoms with van der Waals surface area (Å²) in [6.45, 7) is 6.61. The van der Waals surface area contributed by atoms with E-state index in [1.54, 1.807) is 0 Å². The van der Waals surface area contributed by atoms with Crippen molar-refractivity contribution in [3.8, 4) is 0 Å². The summed E-state index contributed by atoms with van der Waals surface area (Å²) >= 11 is 0. The van der Waals surface area contributed by atoms with Crippen molar-refractivity contribution < 1.29 is 19.1 Å². The van der Waals surface area contributed by atoms with Crippen LogP contribution in [-0.2, 0) is 19.1 Å². The number of carbonyl (C=O) groups excluding carboxylic acids is 2. The molecule has 0 bridgehead atoms. The minimum Gasteiger partial charge on any atom is -0.458 e. The molecule has 0 radical (unpaired) electrons. The zero-order valence-corrected chi connectivity index (χ0v) is 30.2. The second-order valence-electron chi connectivity index (χ2n) is 13.9. The van der Waals surface area contributed by atoms with E-state index >= 15 is 0 Å². The number of allylic oxidation sites excluding steroid dienone is 4. The number of ether oxygens (including phenoxy) is 2. The quantitative estimate of drug-likeness (QED) is 0.0421. The second kappa shape index (κ2) is 31.0. The molecule has 0 spiro atoms. The Kier molecular flexibility index (Phi) is 28.6. The number of hydrogen-bond acceptors (Lipinski definition) is 4. The average Bonchev–Trinajstić information content (AvgIpc) is 3.03. The van der Waals surface area contributed by atoms with Crippen molar-refractivity contribution in [2.45, 2.75) is 219 Å². The number of carbonyl (C=O) groups is 2. The Hall–Kier alpha value is -1.58. The van der Waals surface area contributed by atoms with Gasteiger partial charge >= 0.3 is 11.9 Å². The molecule has 0 aromatic carbocycles. The first-order valence-corrected chi connectivity index (χ1v) is 19.8. The summed E-state index contributed by atoms with van der Waals surface area (Å²) < 4.78 is 11.4. The van der Waals surface area contributed by atoms with Crippen LogP contribution in [0.4, 0.5) is 0 Å². The predicted octanol–water partition coefficient (Wildman–Crippen LogP) is 12.9. The molecule has 0 heterocycles. The molecule has 0 aromatic rings. The van der Waals surface area contributed by atoms with Gasteiger partial charge in [-0.1, -0.05) is 148 Å². The molecule has 1 saturated carbocycles. The summed E-state index contributed by atoms with van der Waals surface area (Å²) in [7, 11) is 0. The minimum absolute atomic E-state index is 0.136. The molecule has 1 fully saturated rings. The zero-order valence-electron chi connectivity index (χ0n) is 30.2. The molecule has 0 saturated heterocycles. The van der Waals surface area contributed by atoms with E-state index in [1.807, 2.05) is 0 Å². The van der Waals surface area contributed by atoms with Gasteiger partial charge in [0.15, 0.2) is 0 Å². The lowest BCUT2D eigenvalue weighted by Gasteiger charge is -2.41. The Morgan fingerprint density at radius 1 is 0.489 bits per heavy atom. The van der Waals surface area contributed by atoms with Gasteiger partial charge in [0.05, 0.1) is 0 Å². The highest BCUT2D eigenvalue weighted by atomic mass is 16.6. The second-order valence-corrected chi connectivity index (χ2v) is 13.9. The number of unbranched alkanes of at least 4 members (excludes halogenated alkanes) is 22. The van der Waals surface area contributed by atoms with Crippen molar-refractivity contribution in [3.05, 3.63) is 24.3 Å². The number of hydrogen-bond donors (Lipinski definition) is 0. The van der Waals surface area contributed by atoms with Gasteiger partial charge in [-0.25, -0.2) is 0 Å². The third-order valence-electron chi connectivity index (χ3n) is 9.37. The largest absolute Gasteiger partial charge is 0.458 e. The van der Waals surface area contributed by atoms with Gasteiger partial charge in [-0.15, -0.1) is 0 Å². The van der Waals surface area contributed by atoms with Gasteiger partial charge in [0.1, 0.15) is 12.2 Å². The molecule has 3 atom stereocenters. The molecule has 3 unspecified atom stereocenters. The lowest BCUT2D eigenvalue weighted by atomic mass is 9.80. The fourth-order valence-electron chi connectivity index (χ4n) is 6.23. The topological polar surface area (TPSA) is 52.6 Å². The highest BCUT2D eigenvalue weighted by molar-refractivity contribution is 5.71. The van der Waals surface area contributed by atoms with Crippen molar-refractivity contribution in [2.75, 3.05) is 0 Å². The molecule has 0 amide bonds. The standard InChI is InChI=1S/C41H74O4/c1-4-6-8-10-12-14-16-18-20-22-24-26-28-30-32-34-39(42)44-38-36-37(3)41(38)45-40(43)35-33-31-29-27-25-23-21-19-17-15-13-11-9-7-5-2/h18-21,37-38,41H,4-17,22-36H2,1-3H3. The van der Waals surface area contributed by atoms with Gasteiger partial charge < -0.3 is 9.47 Å². The summed E-state index contributed by atoms with van der Waals surface area (Å²) in [6.07, 6.45) is 43.0. The Bertz CT molecular complexity index is 742. The SMILES string of the molecule is CCCCCCCCC=CCCCCCCCC(=O)OC1CC(C)C1OC(=O)CCCCCCCC=CCCCCCCCC. The van der Waals surface area contributed by atoms with Crippen molar-refractivity contribution in [2.24, 2.45) is 5.92 Å². The van der Waals surface area contributed by atoms with E-state index in [0.29, 0.717) is 12.8 Å². The minimum atomic E-state index is -0.265. The normalized spacial score (nSPS) is 18.1. The van der Waals surface area contributed by atoms with Crippen LogP contribution >= 0.6 is 0 Å². The maximum atomic E-state index is 12.4. The molecule has 1 aliphatic rings. The third kappa shape index (κ3) is 25.2. The fourth-order valence-corrected chi connectivity index (χ4v) is 6.23. The van der Waals surface area contributed by atoms with Crippen LogP contribution in [-0.4, -0.2) is 24.1 Å². The van der Waals surface area contributed by atoms with Gasteiger partial charge in [-0.05, 0) is 70.6 Å². The van der Waals surface area contributed by atoms with Crippen LogP contribution in [0.15, 0.2) is 24.3 Å². The lowest BCUT2D eigenvalue weighted by molar-refractivity contribution is -0.191. The van der Waals surface area contributed by atoms with Crippen molar-refractivity contribution in [1.29, 1.82) is 0 Å². The van der Waals surface area contributed by atoms with E-state index in [1.165, 1.54) is 141 Å². The van der Waals surface area contributed by atoms with Crippen LogP contribution in [0.2, 0.25) is 0 Å². The summed E-state index contributed by atoms with van der Waals surface area (Å²) in [6, 6.07) is 0. The Labute approximate surface area is 280 Å². The van der Waals surface area contributed by atoms with Gasteiger partial charge in [-0.2, -0.15) is 0 Å². The molecule has 1 aliphatic carbocycles. The summed E-state index contributed by atoms with van der Waals surface area (Å²) in [5, 5.41) is 0. The van der Waals surface area contributed by atoms with E-state index in [-0.39, 0.29) is 30.1 Å². The molecular formula is C41H74O4. The molecular weight excluding hydrogens is 556 g/mol. The van der Waals surface area contributed by atoms with Crippen LogP contribution < -0.4 is 0 Å². The summed E-state index contributed by atoms with van der Waals surface area (Å²) in [5.41, 5.74) is 0. The third-order valence-corrected chi connectivity index (χ3v) is 9.37. The van der Waals surface area contributed by atoms with Crippen molar-refractivity contribution in [1.82, 2.24) is 0 Å². The summed E-state index contributed by atoms with van der Waals surface area (Å²) in [4.78, 5) is 24.8. The van der Waals surface area contributed by atoms with E-state index in [4.69, 9.17) is 9.47 Å². The monoisotopic (exact) mass is 631 g/mol. The maximum Gasteiger partial charge on any atom is 0.306 e. The van der Waals surface area contributed by atoms with Crippen LogP contribution in [0.5, 0.6) is 0 Å². The molecule has 45 heavy (non-hydrogen) atoms. The molecule has 0 aromatic heterocycles. The first-order valence-electron chi connectivity index (χ1n) is 19.8. The molecule has 4 nitrogen and oxygen atoms in total. The predicted molar refractivity (Wildman–Crippen MR) is 192 cm³/mol. The van der Waals surface area contributed by atoms with Gasteiger partial charge in [0, 0.05) is 18.8 Å². The number of esters is 2. The Morgan fingerprint density at radius 2 is 0.822 bits per heavy atom. The first kappa shape index (κ1) is 41.4. The van der Waals surface area contributed by atoms with Crippen molar-refractivity contribution in [3.63, 3.8) is 0 Å². The van der Waals surface area contributed by atoms with E-state index in [2.05, 4.69) is 45.1 Å². The van der Waals surface area contributed by atoms with Crippen LogP contribution in [0.1, 0.15) is 207 Å². The van der Waals surface area contributed by atoms with Crippen LogP contribution in [0.25, 0.3) is 0 Å². The highest BCUT2D eigenvalue weighted by Gasteiger charge is 2.43. The van der Waals surface area contributed by atoms with Crippen molar-refractivity contribution >= 4 is 11.9 Å². The molecule has 4 heteroatoms. The van der Waals surface area contributed by atoms with Crippen LogP contribution in [0, 0.1) is 5.92 Å². The molecule has 0 aliphatic heterocycles. The lowest BCUT2D eigenvalue weighted by Crippen LogP contribution is -2.50. The Morgan fingerprint density at radius 3 is 1.20 bits per heavy atom. The van der Waals surface area contributed by atoms with Gasteiger partial charge in [0.25, 0.3) is 0 Å². The molecule has 0 N–H and O–H groups in total. The zero-order chi connectivity index (χ0) is 32.6. The fraction of sp³-hybridized carbons (Fsp3) is 0.854. The van der Waals surface area contributed by atoms with E-state index < -0.39 is 0 Å².